The molecular weight excluding hydrogens is 327 g/mol. The standard InChI is InChI=1S/C14H8F3N5S/c15-9-4-11(16)10(12(17)5-9)7-19-21-14-22-20-13(23-14)8-2-1-3-18-6-8/h1-7H,(H,21,22)/b19-7+. The number of halogens is 3. The van der Waals surface area contributed by atoms with Crippen LogP contribution in [0.1, 0.15) is 5.56 Å². The number of hydrazone groups is 1. The van der Waals surface area contributed by atoms with Gasteiger partial charge in [-0.05, 0) is 12.1 Å². The minimum absolute atomic E-state index is 0.336. The van der Waals surface area contributed by atoms with E-state index in [0.29, 0.717) is 22.3 Å². The summed E-state index contributed by atoms with van der Waals surface area (Å²) in [4.78, 5) is 3.97. The molecule has 0 amide bonds. The molecule has 0 atom stereocenters. The number of aromatic nitrogens is 3. The summed E-state index contributed by atoms with van der Waals surface area (Å²) in [7, 11) is 0. The zero-order valence-corrected chi connectivity index (χ0v) is 12.2. The van der Waals surface area contributed by atoms with Gasteiger partial charge in [-0.2, -0.15) is 5.10 Å². The van der Waals surface area contributed by atoms with Gasteiger partial charge in [-0.15, -0.1) is 10.2 Å². The first-order valence-electron chi connectivity index (χ1n) is 6.31. The van der Waals surface area contributed by atoms with Crippen LogP contribution in [0.15, 0.2) is 41.8 Å². The Balaban J connectivity index is 1.73. The van der Waals surface area contributed by atoms with Crippen LogP contribution in [-0.4, -0.2) is 21.4 Å². The molecule has 5 nitrogen and oxygen atoms in total. The van der Waals surface area contributed by atoms with Crippen molar-refractivity contribution < 1.29 is 13.2 Å². The molecule has 0 aliphatic heterocycles. The lowest BCUT2D eigenvalue weighted by Gasteiger charge is -1.99. The van der Waals surface area contributed by atoms with Gasteiger partial charge in [0.25, 0.3) is 0 Å². The number of rotatable bonds is 4. The predicted molar refractivity (Wildman–Crippen MR) is 80.7 cm³/mol. The summed E-state index contributed by atoms with van der Waals surface area (Å²) in [6.45, 7) is 0. The van der Waals surface area contributed by atoms with Gasteiger partial charge in [0.1, 0.15) is 17.5 Å². The van der Waals surface area contributed by atoms with Crippen molar-refractivity contribution in [3.63, 3.8) is 0 Å². The summed E-state index contributed by atoms with van der Waals surface area (Å²) < 4.78 is 39.7. The molecular formula is C14H8F3N5S. The molecule has 0 aliphatic carbocycles. The van der Waals surface area contributed by atoms with E-state index in [-0.39, 0.29) is 0 Å². The van der Waals surface area contributed by atoms with Crippen molar-refractivity contribution >= 4 is 22.7 Å². The van der Waals surface area contributed by atoms with Crippen LogP contribution in [0, 0.1) is 17.5 Å². The van der Waals surface area contributed by atoms with Crippen molar-refractivity contribution in [2.45, 2.75) is 0 Å². The number of nitrogens with one attached hydrogen (secondary N) is 1. The monoisotopic (exact) mass is 335 g/mol. The highest BCUT2D eigenvalue weighted by atomic mass is 32.1. The molecule has 2 aromatic heterocycles. The second kappa shape index (κ2) is 6.53. The van der Waals surface area contributed by atoms with Crippen molar-refractivity contribution in [2.24, 2.45) is 5.10 Å². The van der Waals surface area contributed by atoms with E-state index < -0.39 is 23.0 Å². The molecule has 0 saturated heterocycles. The number of hydrogen-bond donors (Lipinski definition) is 1. The van der Waals surface area contributed by atoms with Crippen LogP contribution in [-0.2, 0) is 0 Å². The molecule has 1 aromatic carbocycles. The van der Waals surface area contributed by atoms with E-state index in [2.05, 4.69) is 25.7 Å². The summed E-state index contributed by atoms with van der Waals surface area (Å²) in [5.41, 5.74) is 2.86. The molecule has 116 valence electrons. The summed E-state index contributed by atoms with van der Waals surface area (Å²) in [6.07, 6.45) is 4.19. The lowest BCUT2D eigenvalue weighted by atomic mass is 10.2. The Bertz CT molecular complexity index is 828. The maximum atomic E-state index is 13.4. The quantitative estimate of drug-likeness (QED) is 0.586. The van der Waals surface area contributed by atoms with Crippen molar-refractivity contribution in [1.29, 1.82) is 0 Å². The van der Waals surface area contributed by atoms with E-state index in [4.69, 9.17) is 0 Å². The first-order chi connectivity index (χ1) is 11.1. The van der Waals surface area contributed by atoms with Gasteiger partial charge in [0.15, 0.2) is 5.01 Å². The molecule has 0 radical (unpaired) electrons. The number of anilines is 1. The first-order valence-corrected chi connectivity index (χ1v) is 7.12. The Hall–Kier alpha value is -2.81. The van der Waals surface area contributed by atoms with Crippen LogP contribution in [0.2, 0.25) is 0 Å². The van der Waals surface area contributed by atoms with Crippen molar-refractivity contribution in [1.82, 2.24) is 15.2 Å². The van der Waals surface area contributed by atoms with E-state index >= 15 is 0 Å². The van der Waals surface area contributed by atoms with Crippen molar-refractivity contribution in [3.05, 3.63) is 59.7 Å². The third-order valence-corrected chi connectivity index (χ3v) is 3.61. The largest absolute Gasteiger partial charge is 0.264 e. The third kappa shape index (κ3) is 3.51. The van der Waals surface area contributed by atoms with Gasteiger partial charge >= 0.3 is 0 Å². The average Bonchev–Trinajstić information content (AvgIpc) is 2.99. The lowest BCUT2D eigenvalue weighted by Crippen LogP contribution is -1.98. The fourth-order valence-electron chi connectivity index (χ4n) is 1.70. The van der Waals surface area contributed by atoms with E-state index in [1.165, 1.54) is 11.3 Å². The number of nitrogens with zero attached hydrogens (tertiary/aromatic N) is 4. The van der Waals surface area contributed by atoms with Gasteiger partial charge in [0, 0.05) is 30.1 Å². The maximum Gasteiger partial charge on any atom is 0.226 e. The molecule has 1 N–H and O–H groups in total. The molecule has 9 heteroatoms. The van der Waals surface area contributed by atoms with Crippen molar-refractivity contribution in [3.8, 4) is 10.6 Å². The Morgan fingerprint density at radius 3 is 2.61 bits per heavy atom. The number of hydrogen-bond acceptors (Lipinski definition) is 6. The van der Waals surface area contributed by atoms with Crippen molar-refractivity contribution in [2.75, 3.05) is 5.43 Å². The highest BCUT2D eigenvalue weighted by molar-refractivity contribution is 7.18. The SMILES string of the molecule is Fc1cc(F)c(/C=N/Nc2nnc(-c3cccnc3)s2)c(F)c1. The Labute approximate surface area is 132 Å². The highest BCUT2D eigenvalue weighted by Gasteiger charge is 2.10. The van der Waals surface area contributed by atoms with Crippen LogP contribution in [0.3, 0.4) is 0 Å². The molecule has 0 bridgehead atoms. The van der Waals surface area contributed by atoms with E-state index in [1.54, 1.807) is 18.5 Å². The molecule has 2 heterocycles. The summed E-state index contributed by atoms with van der Waals surface area (Å²) in [5.74, 6) is -3.07. The Kier molecular flexibility index (Phi) is 4.29. The average molecular weight is 335 g/mol. The Morgan fingerprint density at radius 2 is 1.91 bits per heavy atom. The minimum Gasteiger partial charge on any atom is -0.264 e. The van der Waals surface area contributed by atoms with Crippen LogP contribution < -0.4 is 5.43 Å². The van der Waals surface area contributed by atoms with E-state index in [0.717, 1.165) is 11.8 Å². The normalized spacial score (nSPS) is 11.1. The zero-order valence-electron chi connectivity index (χ0n) is 11.4. The first kappa shape index (κ1) is 15.1. The van der Waals surface area contributed by atoms with Gasteiger partial charge in [-0.3, -0.25) is 10.4 Å². The number of benzene rings is 1. The van der Waals surface area contributed by atoms with Crippen LogP contribution >= 0.6 is 11.3 Å². The van der Waals surface area contributed by atoms with Crippen LogP contribution in [0.5, 0.6) is 0 Å². The van der Waals surface area contributed by atoms with Crippen LogP contribution in [0.4, 0.5) is 18.3 Å². The zero-order chi connectivity index (χ0) is 16.2. The van der Waals surface area contributed by atoms with Gasteiger partial charge in [0.05, 0.1) is 11.8 Å². The number of pyridine rings is 1. The molecule has 23 heavy (non-hydrogen) atoms. The molecule has 0 fully saturated rings. The second-order valence-corrected chi connectivity index (χ2v) is 5.28. The molecule has 0 unspecified atom stereocenters. The van der Waals surface area contributed by atoms with E-state index in [9.17, 15) is 13.2 Å². The molecule has 3 rings (SSSR count). The molecule has 0 saturated carbocycles. The molecule has 0 aliphatic rings. The van der Waals surface area contributed by atoms with Gasteiger partial charge < -0.3 is 0 Å². The second-order valence-electron chi connectivity index (χ2n) is 4.31. The minimum atomic E-state index is -1.04. The van der Waals surface area contributed by atoms with Gasteiger partial charge in [0.2, 0.25) is 5.13 Å². The fourth-order valence-corrected chi connectivity index (χ4v) is 2.39. The summed E-state index contributed by atoms with van der Waals surface area (Å²) in [6, 6.07) is 4.75. The topological polar surface area (TPSA) is 63.1 Å². The predicted octanol–water partition coefficient (Wildman–Crippen LogP) is 3.46. The molecule has 3 aromatic rings. The lowest BCUT2D eigenvalue weighted by molar-refractivity contribution is 0.541. The Morgan fingerprint density at radius 1 is 1.13 bits per heavy atom. The summed E-state index contributed by atoms with van der Waals surface area (Å²) in [5, 5.41) is 12.4. The fraction of sp³-hybridized carbons (Fsp3) is 0. The highest BCUT2D eigenvalue weighted by Crippen LogP contribution is 2.25. The van der Waals surface area contributed by atoms with Gasteiger partial charge in [-0.1, -0.05) is 11.3 Å². The smallest absolute Gasteiger partial charge is 0.226 e. The molecule has 0 spiro atoms. The third-order valence-electron chi connectivity index (χ3n) is 2.73. The van der Waals surface area contributed by atoms with Gasteiger partial charge in [-0.25, -0.2) is 13.2 Å². The maximum absolute atomic E-state index is 13.4. The van der Waals surface area contributed by atoms with E-state index in [1.807, 2.05) is 6.07 Å². The van der Waals surface area contributed by atoms with Crippen LogP contribution in [0.25, 0.3) is 10.6 Å². The summed E-state index contributed by atoms with van der Waals surface area (Å²) >= 11 is 1.20.